The number of methoxy groups -OCH3 is 1. The summed E-state index contributed by atoms with van der Waals surface area (Å²) in [7, 11) is 1.37. The fourth-order valence-corrected chi connectivity index (χ4v) is 3.04. The molecule has 1 aliphatic carbocycles. The van der Waals surface area contributed by atoms with E-state index >= 15 is 0 Å². The van der Waals surface area contributed by atoms with E-state index in [4.69, 9.17) is 15.2 Å². The molecule has 3 N–H and O–H groups in total. The number of anilines is 2. The van der Waals surface area contributed by atoms with Crippen molar-refractivity contribution in [3.05, 3.63) is 23.8 Å². The number of nitrogens with one attached hydrogen (secondary N) is 1. The van der Waals surface area contributed by atoms with Crippen molar-refractivity contribution in [2.24, 2.45) is 5.92 Å². The van der Waals surface area contributed by atoms with Crippen LogP contribution in [0.1, 0.15) is 23.2 Å². The molecule has 1 aromatic rings. The monoisotopic (exact) mass is 262 g/mol. The third-order valence-electron chi connectivity index (χ3n) is 3.96. The fraction of sp³-hybridized carbons (Fsp3) is 0.500. The van der Waals surface area contributed by atoms with Gasteiger partial charge in [0.15, 0.2) is 0 Å². The summed E-state index contributed by atoms with van der Waals surface area (Å²) in [5.41, 5.74) is 7.88. The molecule has 0 atom stereocenters. The van der Waals surface area contributed by atoms with Gasteiger partial charge in [-0.1, -0.05) is 0 Å². The van der Waals surface area contributed by atoms with Crippen LogP contribution in [0.15, 0.2) is 18.2 Å². The number of esters is 1. The predicted molar refractivity (Wildman–Crippen MR) is 72.1 cm³/mol. The van der Waals surface area contributed by atoms with Crippen LogP contribution >= 0.6 is 0 Å². The van der Waals surface area contributed by atoms with Gasteiger partial charge in [-0.3, -0.25) is 0 Å². The number of nitrogen functional groups attached to an aromatic ring is 1. The molecule has 3 aliphatic rings. The number of hydrogen-bond acceptors (Lipinski definition) is 5. The van der Waals surface area contributed by atoms with Gasteiger partial charge in [0, 0.05) is 6.61 Å². The lowest BCUT2D eigenvalue weighted by Gasteiger charge is -2.52. The zero-order chi connectivity index (χ0) is 13.5. The zero-order valence-electron chi connectivity index (χ0n) is 10.9. The Hall–Kier alpha value is -1.75. The van der Waals surface area contributed by atoms with E-state index in [2.05, 4.69) is 5.32 Å². The molecule has 4 rings (SSSR count). The highest BCUT2D eigenvalue weighted by Crippen LogP contribution is 2.45. The Kier molecular flexibility index (Phi) is 2.86. The van der Waals surface area contributed by atoms with Gasteiger partial charge in [-0.15, -0.1) is 0 Å². The minimum Gasteiger partial charge on any atom is -0.465 e. The second kappa shape index (κ2) is 4.42. The first-order valence-electron chi connectivity index (χ1n) is 6.46. The van der Waals surface area contributed by atoms with Crippen molar-refractivity contribution in [2.45, 2.75) is 18.4 Å². The molecule has 2 saturated heterocycles. The normalized spacial score (nSPS) is 28.4. The smallest absolute Gasteiger partial charge is 0.337 e. The van der Waals surface area contributed by atoms with Crippen LogP contribution in [0.4, 0.5) is 11.4 Å². The molecule has 1 aromatic carbocycles. The standard InChI is InChI=1S/C14H18N2O3/c1-18-13(17)10-2-3-11(15)12(4-10)16-14-5-9(6-14)7-19-8-14/h2-4,9,16H,5-8,15H2,1H3. The van der Waals surface area contributed by atoms with Crippen molar-refractivity contribution >= 4 is 17.3 Å². The molecule has 5 nitrogen and oxygen atoms in total. The molecular formula is C14H18N2O3. The molecule has 0 amide bonds. The fourth-order valence-electron chi connectivity index (χ4n) is 3.04. The van der Waals surface area contributed by atoms with Crippen molar-refractivity contribution in [3.8, 4) is 0 Å². The van der Waals surface area contributed by atoms with Crippen LogP contribution in [-0.2, 0) is 9.47 Å². The molecule has 0 aromatic heterocycles. The van der Waals surface area contributed by atoms with E-state index in [-0.39, 0.29) is 11.5 Å². The maximum absolute atomic E-state index is 11.5. The summed E-state index contributed by atoms with van der Waals surface area (Å²) >= 11 is 0. The largest absolute Gasteiger partial charge is 0.465 e. The van der Waals surface area contributed by atoms with E-state index in [1.807, 2.05) is 0 Å². The number of ether oxygens (including phenoxy) is 2. The van der Waals surface area contributed by atoms with E-state index in [9.17, 15) is 4.79 Å². The van der Waals surface area contributed by atoms with Crippen molar-refractivity contribution in [1.29, 1.82) is 0 Å². The Morgan fingerprint density at radius 1 is 1.53 bits per heavy atom. The maximum Gasteiger partial charge on any atom is 0.337 e. The Morgan fingerprint density at radius 3 is 2.95 bits per heavy atom. The van der Waals surface area contributed by atoms with Crippen LogP contribution in [0.5, 0.6) is 0 Å². The Labute approximate surface area is 112 Å². The quantitative estimate of drug-likeness (QED) is 0.640. The second-order valence-electron chi connectivity index (χ2n) is 5.49. The predicted octanol–water partition coefficient (Wildman–Crippen LogP) is 1.65. The van der Waals surface area contributed by atoms with Crippen LogP contribution in [0.2, 0.25) is 0 Å². The summed E-state index contributed by atoms with van der Waals surface area (Å²) in [5, 5.41) is 3.45. The summed E-state index contributed by atoms with van der Waals surface area (Å²) in [6.07, 6.45) is 2.21. The third kappa shape index (κ3) is 2.14. The molecule has 5 heteroatoms. The van der Waals surface area contributed by atoms with Gasteiger partial charge in [-0.05, 0) is 37.0 Å². The Balaban J connectivity index is 1.82. The summed E-state index contributed by atoms with van der Waals surface area (Å²) < 4.78 is 10.3. The van der Waals surface area contributed by atoms with Crippen LogP contribution in [0.25, 0.3) is 0 Å². The molecule has 0 unspecified atom stereocenters. The van der Waals surface area contributed by atoms with Crippen LogP contribution in [0, 0.1) is 5.92 Å². The molecule has 3 fully saturated rings. The van der Waals surface area contributed by atoms with Crippen LogP contribution in [0.3, 0.4) is 0 Å². The van der Waals surface area contributed by atoms with E-state index in [1.54, 1.807) is 18.2 Å². The van der Waals surface area contributed by atoms with Gasteiger partial charge in [-0.2, -0.15) is 0 Å². The minimum atomic E-state index is -0.355. The summed E-state index contributed by atoms with van der Waals surface area (Å²) in [6.45, 7) is 1.56. The molecule has 0 spiro atoms. The van der Waals surface area contributed by atoms with Gasteiger partial charge in [0.2, 0.25) is 0 Å². The Bertz CT molecular complexity index is 504. The molecule has 2 bridgehead atoms. The number of fused-ring (bicyclic) bond motifs is 2. The van der Waals surface area contributed by atoms with Gasteiger partial charge < -0.3 is 20.5 Å². The Morgan fingerprint density at radius 2 is 2.32 bits per heavy atom. The summed E-state index contributed by atoms with van der Waals surface area (Å²) in [4.78, 5) is 11.5. The van der Waals surface area contributed by atoms with Crippen LogP contribution in [-0.4, -0.2) is 31.8 Å². The number of hydrogen-bond donors (Lipinski definition) is 2. The molecule has 0 radical (unpaired) electrons. The number of carbonyl (C=O) groups is 1. The van der Waals surface area contributed by atoms with Crippen LogP contribution < -0.4 is 11.1 Å². The van der Waals surface area contributed by atoms with Gasteiger partial charge in [0.25, 0.3) is 0 Å². The summed E-state index contributed by atoms with van der Waals surface area (Å²) in [6, 6.07) is 5.15. The first-order chi connectivity index (χ1) is 9.12. The summed E-state index contributed by atoms with van der Waals surface area (Å²) in [5.74, 6) is 0.304. The minimum absolute atomic E-state index is 0.00816. The molecule has 19 heavy (non-hydrogen) atoms. The third-order valence-corrected chi connectivity index (χ3v) is 3.96. The van der Waals surface area contributed by atoms with E-state index in [0.717, 1.165) is 25.1 Å². The van der Waals surface area contributed by atoms with Gasteiger partial charge in [0.05, 0.1) is 36.2 Å². The van der Waals surface area contributed by atoms with Gasteiger partial charge in [-0.25, -0.2) is 4.79 Å². The van der Waals surface area contributed by atoms with E-state index < -0.39 is 0 Å². The highest BCUT2D eigenvalue weighted by Gasteiger charge is 2.48. The highest BCUT2D eigenvalue weighted by molar-refractivity contribution is 5.92. The molecule has 2 heterocycles. The molecule has 1 saturated carbocycles. The zero-order valence-corrected chi connectivity index (χ0v) is 10.9. The van der Waals surface area contributed by atoms with Crippen molar-refractivity contribution in [3.63, 3.8) is 0 Å². The molecular weight excluding hydrogens is 244 g/mol. The number of benzene rings is 1. The van der Waals surface area contributed by atoms with E-state index in [1.165, 1.54) is 7.11 Å². The van der Waals surface area contributed by atoms with E-state index in [0.29, 0.717) is 23.8 Å². The lowest BCUT2D eigenvalue weighted by molar-refractivity contribution is -0.0682. The van der Waals surface area contributed by atoms with Gasteiger partial charge in [0.1, 0.15) is 0 Å². The van der Waals surface area contributed by atoms with Crippen molar-refractivity contribution in [1.82, 2.24) is 0 Å². The second-order valence-corrected chi connectivity index (χ2v) is 5.49. The number of rotatable bonds is 3. The van der Waals surface area contributed by atoms with Gasteiger partial charge >= 0.3 is 5.97 Å². The molecule has 102 valence electrons. The van der Waals surface area contributed by atoms with Crippen molar-refractivity contribution in [2.75, 3.05) is 31.4 Å². The number of nitrogens with two attached hydrogens (primary N) is 1. The lowest BCUT2D eigenvalue weighted by atomic mass is 9.67. The topological polar surface area (TPSA) is 73.6 Å². The lowest BCUT2D eigenvalue weighted by Crippen LogP contribution is -2.59. The average molecular weight is 262 g/mol. The molecule has 2 aliphatic heterocycles. The SMILES string of the molecule is COC(=O)c1ccc(N)c(NC23COCC(C2)C3)c1. The average Bonchev–Trinajstić information content (AvgIpc) is 2.40. The van der Waals surface area contributed by atoms with Crippen molar-refractivity contribution < 1.29 is 14.3 Å². The number of carbonyl (C=O) groups excluding carboxylic acids is 1. The maximum atomic E-state index is 11.5. The first kappa shape index (κ1) is 12.3. The highest BCUT2D eigenvalue weighted by atomic mass is 16.5. The first-order valence-corrected chi connectivity index (χ1v) is 6.46.